The van der Waals surface area contributed by atoms with Crippen molar-refractivity contribution in [3.63, 3.8) is 0 Å². The van der Waals surface area contributed by atoms with Gasteiger partial charge in [0.1, 0.15) is 5.78 Å². The van der Waals surface area contributed by atoms with E-state index in [2.05, 4.69) is 26.0 Å². The summed E-state index contributed by atoms with van der Waals surface area (Å²) in [5.41, 5.74) is -2.12. The Balaban J connectivity index is 1.72. The van der Waals surface area contributed by atoms with E-state index >= 15 is 0 Å². The molecule has 4 aliphatic carbocycles. The molecule has 0 aromatic rings. The van der Waals surface area contributed by atoms with E-state index in [-0.39, 0.29) is 16.6 Å². The van der Waals surface area contributed by atoms with Gasteiger partial charge in [0, 0.05) is 18.3 Å². The first-order chi connectivity index (χ1) is 11.8. The zero-order valence-electron chi connectivity index (χ0n) is 15.3. The van der Waals surface area contributed by atoms with Crippen LogP contribution in [0.3, 0.4) is 0 Å². The Kier molecular flexibility index (Phi) is 3.46. The molecule has 134 valence electrons. The van der Waals surface area contributed by atoms with Crippen LogP contribution in [0.4, 0.5) is 0 Å². The van der Waals surface area contributed by atoms with Crippen LogP contribution in [0.1, 0.15) is 71.6 Å². The quantitative estimate of drug-likeness (QED) is 0.681. The maximum absolute atomic E-state index is 12.1. The van der Waals surface area contributed by atoms with Crippen molar-refractivity contribution in [1.82, 2.24) is 0 Å². The van der Waals surface area contributed by atoms with Gasteiger partial charge >= 0.3 is 0 Å². The van der Waals surface area contributed by atoms with Crippen LogP contribution in [-0.4, -0.2) is 16.5 Å². The van der Waals surface area contributed by atoms with E-state index in [4.69, 9.17) is 0 Å². The highest BCUT2D eigenvalue weighted by molar-refractivity contribution is 5.81. The summed E-state index contributed by atoms with van der Waals surface area (Å²) in [6, 6.07) is 4.82. The van der Waals surface area contributed by atoms with Gasteiger partial charge in [-0.25, -0.2) is 0 Å². The van der Waals surface area contributed by atoms with Gasteiger partial charge in [0.25, 0.3) is 0 Å². The normalized spacial score (nSPS) is 54.6. The lowest BCUT2D eigenvalue weighted by atomic mass is 9.40. The summed E-state index contributed by atoms with van der Waals surface area (Å²) in [7, 11) is 0. The van der Waals surface area contributed by atoms with Crippen molar-refractivity contribution in [3.8, 4) is 12.1 Å². The van der Waals surface area contributed by atoms with Crippen molar-refractivity contribution in [2.24, 2.45) is 34.0 Å². The van der Waals surface area contributed by atoms with Crippen molar-refractivity contribution in [3.05, 3.63) is 0 Å². The molecule has 0 bridgehead atoms. The lowest BCUT2D eigenvalue weighted by Crippen LogP contribution is -2.59. The number of aliphatic hydroxyl groups is 1. The third-order valence-electron chi connectivity index (χ3n) is 9.23. The Bertz CT molecular complexity index is 706. The molecule has 4 fully saturated rings. The molecule has 0 amide bonds. The van der Waals surface area contributed by atoms with Gasteiger partial charge < -0.3 is 5.11 Å². The SMILES string of the molecule is C[C@]12CCC(=O)C[C@]1(C#N)CC[C@H]1[C@H]2CC[C@]2(C)[C@@H]1CC[C@@]2(O)C#N. The topological polar surface area (TPSA) is 84.9 Å². The van der Waals surface area contributed by atoms with E-state index < -0.39 is 11.0 Å². The molecule has 0 spiro atoms. The first kappa shape index (κ1) is 17.0. The number of Topliss-reactive ketones (excluding diaryl/α,β-unsaturated/α-hetero) is 1. The van der Waals surface area contributed by atoms with Crippen molar-refractivity contribution in [2.45, 2.75) is 77.2 Å². The summed E-state index contributed by atoms with van der Waals surface area (Å²) in [6.07, 6.45) is 6.92. The third kappa shape index (κ3) is 1.87. The maximum atomic E-state index is 12.1. The van der Waals surface area contributed by atoms with Crippen LogP contribution >= 0.6 is 0 Å². The molecule has 25 heavy (non-hydrogen) atoms. The van der Waals surface area contributed by atoms with Gasteiger partial charge in [0.15, 0.2) is 5.60 Å². The second kappa shape index (κ2) is 5.08. The summed E-state index contributed by atoms with van der Waals surface area (Å²) < 4.78 is 0. The highest BCUT2D eigenvalue weighted by atomic mass is 16.3. The van der Waals surface area contributed by atoms with E-state index in [0.717, 1.165) is 38.5 Å². The number of ketones is 1. The molecule has 0 aromatic heterocycles. The van der Waals surface area contributed by atoms with Crippen molar-refractivity contribution in [1.29, 1.82) is 10.5 Å². The Morgan fingerprint density at radius 1 is 0.960 bits per heavy atom. The predicted octanol–water partition coefficient (Wildman–Crippen LogP) is 3.75. The zero-order chi connectivity index (χ0) is 18.1. The standard InChI is InChI=1S/C21H28N2O2/c1-18-7-3-14(24)11-20(18,12-22)9-4-15-16(18)5-8-19(2)17(15)6-10-21(19,25)13-23/h15-17,25H,3-11H2,1-2H3/t15-,16+,17+,18+,19+,20-,21+/m0/s1. The van der Waals surface area contributed by atoms with Crippen LogP contribution in [0.15, 0.2) is 0 Å². The average Bonchev–Trinajstić information content (AvgIpc) is 2.87. The number of carbonyl (C=O) groups is 1. The summed E-state index contributed by atoms with van der Waals surface area (Å²) in [5.74, 6) is 1.52. The minimum Gasteiger partial charge on any atom is -0.375 e. The van der Waals surface area contributed by atoms with Gasteiger partial charge in [-0.1, -0.05) is 13.8 Å². The fourth-order valence-corrected chi connectivity index (χ4v) is 7.50. The predicted molar refractivity (Wildman–Crippen MR) is 91.9 cm³/mol. The van der Waals surface area contributed by atoms with Crippen LogP contribution < -0.4 is 0 Å². The number of hydrogen-bond donors (Lipinski definition) is 1. The van der Waals surface area contributed by atoms with Crippen LogP contribution in [0, 0.1) is 56.7 Å². The van der Waals surface area contributed by atoms with Gasteiger partial charge in [-0.3, -0.25) is 4.79 Å². The van der Waals surface area contributed by atoms with E-state index in [1.807, 2.05) is 0 Å². The first-order valence-corrected chi connectivity index (χ1v) is 9.82. The van der Waals surface area contributed by atoms with Gasteiger partial charge in [-0.2, -0.15) is 10.5 Å². The second-order valence-electron chi connectivity index (χ2n) is 9.71. The highest BCUT2D eigenvalue weighted by Gasteiger charge is 2.68. The fraction of sp³-hybridized carbons (Fsp3) is 0.857. The van der Waals surface area contributed by atoms with Crippen molar-refractivity contribution in [2.75, 3.05) is 0 Å². The zero-order valence-corrected chi connectivity index (χ0v) is 15.3. The summed E-state index contributed by atoms with van der Waals surface area (Å²) in [6.45, 7) is 4.37. The first-order valence-electron chi connectivity index (χ1n) is 9.82. The molecule has 7 atom stereocenters. The lowest BCUT2D eigenvalue weighted by Gasteiger charge is -2.63. The molecular weight excluding hydrogens is 312 g/mol. The molecule has 4 aliphatic rings. The van der Waals surface area contributed by atoms with Gasteiger partial charge in [0.05, 0.1) is 17.6 Å². The van der Waals surface area contributed by atoms with Crippen LogP contribution in [0.25, 0.3) is 0 Å². The Morgan fingerprint density at radius 3 is 2.32 bits per heavy atom. The minimum absolute atomic E-state index is 0.104. The number of nitriles is 2. The molecule has 0 unspecified atom stereocenters. The van der Waals surface area contributed by atoms with Crippen LogP contribution in [-0.2, 0) is 4.79 Å². The number of rotatable bonds is 0. The molecule has 4 rings (SSSR count). The fourth-order valence-electron chi connectivity index (χ4n) is 7.50. The summed E-state index contributed by atoms with van der Waals surface area (Å²) in [4.78, 5) is 12.1. The molecule has 4 saturated carbocycles. The Hall–Kier alpha value is -1.39. The molecule has 4 heteroatoms. The monoisotopic (exact) mass is 340 g/mol. The van der Waals surface area contributed by atoms with Gasteiger partial charge in [-0.15, -0.1) is 0 Å². The number of nitrogens with zero attached hydrogens (tertiary/aromatic N) is 2. The second-order valence-corrected chi connectivity index (χ2v) is 9.71. The van der Waals surface area contributed by atoms with Crippen molar-refractivity contribution < 1.29 is 9.90 Å². The van der Waals surface area contributed by atoms with E-state index in [1.54, 1.807) is 0 Å². The molecule has 0 radical (unpaired) electrons. The van der Waals surface area contributed by atoms with E-state index in [0.29, 0.717) is 37.0 Å². The molecule has 0 aliphatic heterocycles. The van der Waals surface area contributed by atoms with Crippen LogP contribution in [0.5, 0.6) is 0 Å². The van der Waals surface area contributed by atoms with Crippen LogP contribution in [0.2, 0.25) is 0 Å². The highest BCUT2D eigenvalue weighted by Crippen LogP contribution is 2.70. The molecule has 4 nitrogen and oxygen atoms in total. The molecule has 0 saturated heterocycles. The third-order valence-corrected chi connectivity index (χ3v) is 9.23. The lowest BCUT2D eigenvalue weighted by molar-refractivity contribution is -0.161. The number of fused-ring (bicyclic) bond motifs is 5. The minimum atomic E-state index is -1.20. The molecule has 0 heterocycles. The number of carbonyl (C=O) groups excluding carboxylic acids is 1. The Labute approximate surface area is 150 Å². The van der Waals surface area contributed by atoms with E-state index in [1.165, 1.54) is 0 Å². The molecular formula is C21H28N2O2. The Morgan fingerprint density at radius 2 is 1.64 bits per heavy atom. The van der Waals surface area contributed by atoms with Crippen molar-refractivity contribution >= 4 is 5.78 Å². The molecule has 1 N–H and O–H groups in total. The summed E-state index contributed by atoms with van der Waals surface area (Å²) >= 11 is 0. The van der Waals surface area contributed by atoms with Gasteiger partial charge in [0.2, 0.25) is 0 Å². The molecule has 0 aromatic carbocycles. The number of hydrogen-bond acceptors (Lipinski definition) is 4. The summed E-state index contributed by atoms with van der Waals surface area (Å²) in [5, 5.41) is 30.5. The average molecular weight is 340 g/mol. The largest absolute Gasteiger partial charge is 0.375 e. The maximum Gasteiger partial charge on any atom is 0.156 e. The smallest absolute Gasteiger partial charge is 0.156 e. The van der Waals surface area contributed by atoms with E-state index in [9.17, 15) is 20.4 Å². The van der Waals surface area contributed by atoms with Gasteiger partial charge in [-0.05, 0) is 68.1 Å².